The fourth-order valence-corrected chi connectivity index (χ4v) is 4.63. The van der Waals surface area contributed by atoms with Gasteiger partial charge in [0, 0.05) is 22.8 Å². The molecule has 1 unspecified atom stereocenters. The summed E-state index contributed by atoms with van der Waals surface area (Å²) in [7, 11) is 0. The first-order valence-electron chi connectivity index (χ1n) is 7.67. The van der Waals surface area contributed by atoms with Crippen LogP contribution in [0.15, 0.2) is 47.4 Å². The maximum atomic E-state index is 13.0. The summed E-state index contributed by atoms with van der Waals surface area (Å²) in [5.41, 5.74) is 10.3. The van der Waals surface area contributed by atoms with E-state index in [2.05, 4.69) is 12.1 Å². The molecule has 2 N–H and O–H groups in total. The Labute approximate surface area is 134 Å². The SMILES string of the molecule is Nc1cccc2c1CCCN2C(=O)C1Cc2ccccc2S1. The van der Waals surface area contributed by atoms with Gasteiger partial charge in [-0.3, -0.25) is 4.79 Å². The van der Waals surface area contributed by atoms with Crippen LogP contribution in [-0.2, 0) is 17.6 Å². The quantitative estimate of drug-likeness (QED) is 0.822. The summed E-state index contributed by atoms with van der Waals surface area (Å²) in [6.07, 6.45) is 2.77. The normalized spacial score (nSPS) is 19.6. The van der Waals surface area contributed by atoms with Gasteiger partial charge in [-0.05, 0) is 48.6 Å². The van der Waals surface area contributed by atoms with Gasteiger partial charge in [0.2, 0.25) is 5.91 Å². The maximum Gasteiger partial charge on any atom is 0.240 e. The van der Waals surface area contributed by atoms with Crippen molar-refractivity contribution in [2.45, 2.75) is 29.4 Å². The van der Waals surface area contributed by atoms with Crippen molar-refractivity contribution in [3.63, 3.8) is 0 Å². The van der Waals surface area contributed by atoms with Gasteiger partial charge in [-0.25, -0.2) is 0 Å². The zero-order valence-electron chi connectivity index (χ0n) is 12.3. The highest BCUT2D eigenvalue weighted by Gasteiger charge is 2.33. The molecule has 0 bridgehead atoms. The first kappa shape index (κ1) is 13.7. The van der Waals surface area contributed by atoms with Crippen molar-refractivity contribution in [1.29, 1.82) is 0 Å². The molecule has 3 nitrogen and oxygen atoms in total. The number of nitrogens with two attached hydrogens (primary N) is 1. The topological polar surface area (TPSA) is 46.3 Å². The van der Waals surface area contributed by atoms with Crippen molar-refractivity contribution in [1.82, 2.24) is 0 Å². The van der Waals surface area contributed by atoms with Gasteiger partial charge < -0.3 is 10.6 Å². The average Bonchev–Trinajstić information content (AvgIpc) is 2.98. The second-order valence-corrected chi connectivity index (χ2v) is 7.10. The highest BCUT2D eigenvalue weighted by atomic mass is 32.2. The number of fused-ring (bicyclic) bond motifs is 2. The minimum Gasteiger partial charge on any atom is -0.398 e. The molecule has 0 radical (unpaired) electrons. The molecule has 1 amide bonds. The van der Waals surface area contributed by atoms with Crippen LogP contribution in [0.4, 0.5) is 11.4 Å². The molecule has 2 aliphatic heterocycles. The number of carbonyl (C=O) groups excluding carboxylic acids is 1. The van der Waals surface area contributed by atoms with Gasteiger partial charge in [-0.15, -0.1) is 11.8 Å². The lowest BCUT2D eigenvalue weighted by atomic mass is 9.99. The van der Waals surface area contributed by atoms with Crippen molar-refractivity contribution < 1.29 is 4.79 Å². The van der Waals surface area contributed by atoms with E-state index in [1.165, 1.54) is 10.5 Å². The Kier molecular flexibility index (Phi) is 3.34. The standard InChI is InChI=1S/C18H18N2OS/c19-14-7-3-8-15-13(14)6-4-10-20(15)18(21)17-11-12-5-1-2-9-16(12)22-17/h1-3,5,7-9,17H,4,6,10-11,19H2. The van der Waals surface area contributed by atoms with Crippen LogP contribution in [0.5, 0.6) is 0 Å². The predicted octanol–water partition coefficient (Wildman–Crippen LogP) is 3.27. The van der Waals surface area contributed by atoms with Gasteiger partial charge >= 0.3 is 0 Å². The number of hydrogen-bond acceptors (Lipinski definition) is 3. The number of rotatable bonds is 1. The Morgan fingerprint density at radius 2 is 2.05 bits per heavy atom. The third kappa shape index (κ3) is 2.18. The van der Waals surface area contributed by atoms with E-state index in [-0.39, 0.29) is 11.2 Å². The second-order valence-electron chi connectivity index (χ2n) is 5.86. The Morgan fingerprint density at radius 3 is 2.91 bits per heavy atom. The van der Waals surface area contributed by atoms with Crippen LogP contribution in [-0.4, -0.2) is 17.7 Å². The number of thioether (sulfide) groups is 1. The molecule has 22 heavy (non-hydrogen) atoms. The Balaban J connectivity index is 1.62. The number of carbonyl (C=O) groups is 1. The second kappa shape index (κ2) is 5.36. The van der Waals surface area contributed by atoms with Gasteiger partial charge in [0.15, 0.2) is 0 Å². The Hall–Kier alpha value is -1.94. The maximum absolute atomic E-state index is 13.0. The summed E-state index contributed by atoms with van der Waals surface area (Å²) in [4.78, 5) is 16.2. The lowest BCUT2D eigenvalue weighted by Crippen LogP contribution is -2.41. The third-order valence-corrected chi connectivity index (χ3v) is 5.78. The molecular weight excluding hydrogens is 292 g/mol. The zero-order valence-corrected chi connectivity index (χ0v) is 13.1. The smallest absolute Gasteiger partial charge is 0.240 e. The first-order chi connectivity index (χ1) is 10.7. The van der Waals surface area contributed by atoms with E-state index in [0.717, 1.165) is 42.7 Å². The van der Waals surface area contributed by atoms with E-state index in [0.29, 0.717) is 0 Å². The molecule has 112 valence electrons. The summed E-state index contributed by atoms with van der Waals surface area (Å²) in [6.45, 7) is 0.794. The van der Waals surface area contributed by atoms with Crippen molar-refractivity contribution >= 4 is 29.0 Å². The molecule has 0 saturated carbocycles. The summed E-state index contributed by atoms with van der Waals surface area (Å²) >= 11 is 1.69. The van der Waals surface area contributed by atoms with Crippen LogP contribution >= 0.6 is 11.8 Å². The predicted molar refractivity (Wildman–Crippen MR) is 91.3 cm³/mol. The third-order valence-electron chi connectivity index (χ3n) is 4.48. The van der Waals surface area contributed by atoms with Crippen LogP contribution in [0.2, 0.25) is 0 Å². The minimum absolute atomic E-state index is 0.00946. The molecule has 0 fully saturated rings. The van der Waals surface area contributed by atoms with Crippen LogP contribution < -0.4 is 10.6 Å². The van der Waals surface area contributed by atoms with Crippen LogP contribution in [0.1, 0.15) is 17.5 Å². The number of anilines is 2. The summed E-state index contributed by atoms with van der Waals surface area (Å²) < 4.78 is 0. The van der Waals surface area contributed by atoms with E-state index in [4.69, 9.17) is 5.73 Å². The van der Waals surface area contributed by atoms with E-state index in [1.54, 1.807) is 11.8 Å². The van der Waals surface area contributed by atoms with E-state index in [9.17, 15) is 4.79 Å². The summed E-state index contributed by atoms with van der Waals surface area (Å²) in [5, 5.41) is -0.00946. The Bertz CT molecular complexity index is 719. The van der Waals surface area contributed by atoms with Gasteiger partial charge in [0.1, 0.15) is 0 Å². The zero-order chi connectivity index (χ0) is 15.1. The van der Waals surface area contributed by atoms with Crippen molar-refractivity contribution in [3.8, 4) is 0 Å². The molecule has 2 aromatic rings. The van der Waals surface area contributed by atoms with Crippen molar-refractivity contribution in [2.75, 3.05) is 17.2 Å². The Morgan fingerprint density at radius 1 is 1.18 bits per heavy atom. The van der Waals surface area contributed by atoms with E-state index in [1.807, 2.05) is 35.2 Å². The molecule has 2 aliphatic rings. The molecule has 4 heteroatoms. The molecule has 4 rings (SSSR count). The van der Waals surface area contributed by atoms with Crippen LogP contribution in [0.25, 0.3) is 0 Å². The molecule has 0 aromatic heterocycles. The van der Waals surface area contributed by atoms with Crippen molar-refractivity contribution in [2.24, 2.45) is 0 Å². The number of hydrogen-bond donors (Lipinski definition) is 1. The highest BCUT2D eigenvalue weighted by molar-refractivity contribution is 8.01. The number of benzene rings is 2. The lowest BCUT2D eigenvalue weighted by Gasteiger charge is -2.31. The van der Waals surface area contributed by atoms with E-state index < -0.39 is 0 Å². The minimum atomic E-state index is -0.00946. The van der Waals surface area contributed by atoms with Gasteiger partial charge in [0.25, 0.3) is 0 Å². The molecule has 0 aliphatic carbocycles. The van der Waals surface area contributed by atoms with Crippen LogP contribution in [0.3, 0.4) is 0 Å². The summed E-state index contributed by atoms with van der Waals surface area (Å²) in [6, 6.07) is 14.2. The fraction of sp³-hybridized carbons (Fsp3) is 0.278. The average molecular weight is 310 g/mol. The molecule has 2 heterocycles. The monoisotopic (exact) mass is 310 g/mol. The van der Waals surface area contributed by atoms with E-state index >= 15 is 0 Å². The molecular formula is C18H18N2OS. The number of nitrogen functional groups attached to an aromatic ring is 1. The van der Waals surface area contributed by atoms with Gasteiger partial charge in [0.05, 0.1) is 5.25 Å². The molecule has 0 spiro atoms. The molecule has 0 saturated heterocycles. The van der Waals surface area contributed by atoms with Gasteiger partial charge in [-0.1, -0.05) is 24.3 Å². The number of nitrogens with zero attached hydrogens (tertiary/aromatic N) is 1. The summed E-state index contributed by atoms with van der Waals surface area (Å²) in [5.74, 6) is 0.216. The van der Waals surface area contributed by atoms with Crippen molar-refractivity contribution in [3.05, 3.63) is 53.6 Å². The fourth-order valence-electron chi connectivity index (χ4n) is 3.37. The number of amides is 1. The molecule has 2 aromatic carbocycles. The largest absolute Gasteiger partial charge is 0.398 e. The van der Waals surface area contributed by atoms with Crippen LogP contribution in [0, 0.1) is 0 Å². The lowest BCUT2D eigenvalue weighted by molar-refractivity contribution is -0.118. The first-order valence-corrected chi connectivity index (χ1v) is 8.55. The highest BCUT2D eigenvalue weighted by Crippen LogP contribution is 2.39. The molecule has 1 atom stereocenters. The van der Waals surface area contributed by atoms with Gasteiger partial charge in [-0.2, -0.15) is 0 Å².